The molecule has 1 N–H and O–H groups in total. The van der Waals surface area contributed by atoms with Crippen LogP contribution in [0.1, 0.15) is 12.5 Å². The lowest BCUT2D eigenvalue weighted by atomic mass is 10.2. The number of carbonyl (C=O) groups excluding carboxylic acids is 1. The van der Waals surface area contributed by atoms with Crippen LogP contribution in [0, 0.1) is 0 Å². The molecule has 1 aliphatic heterocycles. The number of thioether (sulfide) groups is 1. The molecule has 1 amide bonds. The Morgan fingerprint density at radius 1 is 1.23 bits per heavy atom. The number of anilines is 1. The van der Waals surface area contributed by atoms with Gasteiger partial charge in [0.25, 0.3) is 5.56 Å². The van der Waals surface area contributed by atoms with Crippen LogP contribution in [-0.2, 0) is 4.79 Å². The third kappa shape index (κ3) is 3.57. The first-order valence-electron chi connectivity index (χ1n) is 9.76. The second-order valence-electron chi connectivity index (χ2n) is 7.15. The summed E-state index contributed by atoms with van der Waals surface area (Å²) < 4.78 is 8.48. The minimum absolute atomic E-state index is 0.168. The number of hydrogen-bond donors (Lipinski definition) is 1. The quantitative estimate of drug-likeness (QED) is 0.486. The Labute approximate surface area is 181 Å². The van der Waals surface area contributed by atoms with Gasteiger partial charge < -0.3 is 10.1 Å². The van der Waals surface area contributed by atoms with Gasteiger partial charge in [-0.25, -0.2) is 9.67 Å². The molecule has 0 fully saturated rings. The van der Waals surface area contributed by atoms with Crippen LogP contribution in [-0.4, -0.2) is 38.1 Å². The molecular formula is C22H19N5O3S. The smallest absolute Gasteiger partial charge is 0.265 e. The van der Waals surface area contributed by atoms with E-state index in [0.717, 1.165) is 5.69 Å². The van der Waals surface area contributed by atoms with E-state index in [1.54, 1.807) is 34.7 Å². The van der Waals surface area contributed by atoms with Crippen LogP contribution in [0.25, 0.3) is 16.7 Å². The summed E-state index contributed by atoms with van der Waals surface area (Å²) >= 11 is 1.48. The molecular weight excluding hydrogens is 414 g/mol. The van der Waals surface area contributed by atoms with Gasteiger partial charge in [0.1, 0.15) is 11.1 Å². The first kappa shape index (κ1) is 19.4. The van der Waals surface area contributed by atoms with Gasteiger partial charge in [0, 0.05) is 23.9 Å². The first-order valence-corrected chi connectivity index (χ1v) is 10.7. The minimum Gasteiger partial charge on any atom is -0.497 e. The standard InChI is InChI=1S/C22H19N5O3S/c1-30-17-9-5-6-14(10-17)24-19(28)11-16-13-31-22-25-20-18(21(29)26(16)22)12-23-27(20)15-7-3-2-4-8-15/h2-10,12,16H,11,13H2,1H3,(H,24,28). The molecule has 1 aliphatic rings. The molecule has 156 valence electrons. The van der Waals surface area contributed by atoms with Crippen LogP contribution >= 0.6 is 11.8 Å². The third-order valence-corrected chi connectivity index (χ3v) is 6.24. The van der Waals surface area contributed by atoms with E-state index in [4.69, 9.17) is 9.72 Å². The van der Waals surface area contributed by atoms with Crippen molar-refractivity contribution in [3.8, 4) is 11.4 Å². The molecule has 1 unspecified atom stereocenters. The number of para-hydroxylation sites is 1. The first-order chi connectivity index (χ1) is 15.1. The van der Waals surface area contributed by atoms with Crippen molar-refractivity contribution in [3.63, 3.8) is 0 Å². The maximum atomic E-state index is 13.2. The fraction of sp³-hybridized carbons (Fsp3) is 0.182. The topological polar surface area (TPSA) is 91.0 Å². The largest absolute Gasteiger partial charge is 0.497 e. The number of hydrogen-bond acceptors (Lipinski definition) is 6. The van der Waals surface area contributed by atoms with Gasteiger partial charge in [-0.2, -0.15) is 5.10 Å². The second kappa shape index (κ2) is 7.92. The molecule has 0 saturated carbocycles. The van der Waals surface area contributed by atoms with Crippen molar-refractivity contribution in [2.45, 2.75) is 17.6 Å². The fourth-order valence-corrected chi connectivity index (χ4v) is 4.80. The number of benzene rings is 2. The number of nitrogens with zero attached hydrogens (tertiary/aromatic N) is 4. The SMILES string of the molecule is COc1cccc(NC(=O)CC2CSc3nc4c(cnn4-c4ccccc4)c(=O)n32)c1. The van der Waals surface area contributed by atoms with Gasteiger partial charge in [-0.3, -0.25) is 14.2 Å². The highest BCUT2D eigenvalue weighted by atomic mass is 32.2. The molecule has 8 nitrogen and oxygen atoms in total. The summed E-state index contributed by atoms with van der Waals surface area (Å²) in [4.78, 5) is 30.5. The number of methoxy groups -OCH3 is 1. The molecule has 3 heterocycles. The maximum Gasteiger partial charge on any atom is 0.265 e. The van der Waals surface area contributed by atoms with Crippen LogP contribution in [0.15, 0.2) is 70.7 Å². The third-order valence-electron chi connectivity index (χ3n) is 5.15. The molecule has 0 bridgehead atoms. The molecule has 31 heavy (non-hydrogen) atoms. The molecule has 2 aromatic carbocycles. The Hall–Kier alpha value is -3.59. The van der Waals surface area contributed by atoms with E-state index in [1.807, 2.05) is 42.5 Å². The van der Waals surface area contributed by atoms with Crippen molar-refractivity contribution in [2.75, 3.05) is 18.2 Å². The zero-order valence-corrected chi connectivity index (χ0v) is 17.5. The van der Waals surface area contributed by atoms with Crippen molar-refractivity contribution in [1.29, 1.82) is 0 Å². The summed E-state index contributed by atoms with van der Waals surface area (Å²) in [5, 5.41) is 8.29. The Morgan fingerprint density at radius 3 is 2.87 bits per heavy atom. The summed E-state index contributed by atoms with van der Waals surface area (Å²) in [6.07, 6.45) is 1.72. The average molecular weight is 433 g/mol. The van der Waals surface area contributed by atoms with E-state index in [9.17, 15) is 9.59 Å². The lowest BCUT2D eigenvalue weighted by molar-refractivity contribution is -0.116. The highest BCUT2D eigenvalue weighted by Crippen LogP contribution is 2.33. The molecule has 2 aromatic heterocycles. The normalized spacial score (nSPS) is 15.1. The Bertz CT molecular complexity index is 1330. The van der Waals surface area contributed by atoms with Crippen LogP contribution in [0.4, 0.5) is 5.69 Å². The van der Waals surface area contributed by atoms with Crippen LogP contribution in [0.3, 0.4) is 0 Å². The average Bonchev–Trinajstić information content (AvgIpc) is 3.39. The fourth-order valence-electron chi connectivity index (χ4n) is 3.67. The molecule has 1 atom stereocenters. The van der Waals surface area contributed by atoms with Crippen LogP contribution < -0.4 is 15.6 Å². The van der Waals surface area contributed by atoms with E-state index in [1.165, 1.54) is 11.8 Å². The van der Waals surface area contributed by atoms with Gasteiger partial charge in [0.2, 0.25) is 5.91 Å². The number of ether oxygens (including phenoxy) is 1. The lowest BCUT2D eigenvalue weighted by Crippen LogP contribution is -2.27. The van der Waals surface area contributed by atoms with Crippen molar-refractivity contribution < 1.29 is 9.53 Å². The monoisotopic (exact) mass is 433 g/mol. The highest BCUT2D eigenvalue weighted by molar-refractivity contribution is 7.99. The Morgan fingerprint density at radius 2 is 2.06 bits per heavy atom. The maximum absolute atomic E-state index is 13.2. The molecule has 5 rings (SSSR count). The zero-order chi connectivity index (χ0) is 21.4. The van der Waals surface area contributed by atoms with Gasteiger partial charge in [-0.15, -0.1) is 0 Å². The Balaban J connectivity index is 1.42. The number of nitrogens with one attached hydrogen (secondary N) is 1. The van der Waals surface area contributed by atoms with Crippen molar-refractivity contribution in [1.82, 2.24) is 19.3 Å². The number of fused-ring (bicyclic) bond motifs is 2. The van der Waals surface area contributed by atoms with Crippen LogP contribution in [0.5, 0.6) is 5.75 Å². The van der Waals surface area contributed by atoms with Gasteiger partial charge in [0.05, 0.1) is 25.0 Å². The van der Waals surface area contributed by atoms with Crippen molar-refractivity contribution >= 4 is 34.4 Å². The molecule has 0 aliphatic carbocycles. The molecule has 4 aromatic rings. The predicted molar refractivity (Wildman–Crippen MR) is 119 cm³/mol. The Kier molecular flexibility index (Phi) is 4.95. The molecule has 9 heteroatoms. The minimum atomic E-state index is -0.268. The van der Waals surface area contributed by atoms with E-state index in [0.29, 0.717) is 33.4 Å². The zero-order valence-electron chi connectivity index (χ0n) is 16.7. The van der Waals surface area contributed by atoms with Gasteiger partial charge in [0.15, 0.2) is 10.8 Å². The predicted octanol–water partition coefficient (Wildman–Crippen LogP) is 3.27. The summed E-state index contributed by atoms with van der Waals surface area (Å²) in [7, 11) is 1.58. The summed E-state index contributed by atoms with van der Waals surface area (Å²) in [6.45, 7) is 0. The highest BCUT2D eigenvalue weighted by Gasteiger charge is 2.29. The summed E-state index contributed by atoms with van der Waals surface area (Å²) in [5.74, 6) is 1.11. The van der Waals surface area contributed by atoms with Gasteiger partial charge in [-0.1, -0.05) is 36.0 Å². The van der Waals surface area contributed by atoms with Crippen molar-refractivity contribution in [3.05, 3.63) is 71.1 Å². The second-order valence-corrected chi connectivity index (χ2v) is 8.13. The summed E-state index contributed by atoms with van der Waals surface area (Å²) in [5.41, 5.74) is 1.84. The van der Waals surface area contributed by atoms with Gasteiger partial charge >= 0.3 is 0 Å². The number of rotatable bonds is 5. The molecule has 0 spiro atoms. The lowest BCUT2D eigenvalue weighted by Gasteiger charge is -2.14. The summed E-state index contributed by atoms with van der Waals surface area (Å²) in [6, 6.07) is 16.5. The molecule has 0 saturated heterocycles. The van der Waals surface area contributed by atoms with E-state index in [2.05, 4.69) is 10.4 Å². The van der Waals surface area contributed by atoms with Crippen LogP contribution in [0.2, 0.25) is 0 Å². The number of aromatic nitrogens is 4. The number of amides is 1. The molecule has 0 radical (unpaired) electrons. The van der Waals surface area contributed by atoms with Crippen molar-refractivity contribution in [2.24, 2.45) is 0 Å². The van der Waals surface area contributed by atoms with E-state index >= 15 is 0 Å². The number of carbonyl (C=O) groups is 1. The van der Waals surface area contributed by atoms with E-state index < -0.39 is 0 Å². The van der Waals surface area contributed by atoms with E-state index in [-0.39, 0.29) is 23.9 Å². The van der Waals surface area contributed by atoms with Gasteiger partial charge in [-0.05, 0) is 24.3 Å².